The van der Waals surface area contributed by atoms with Crippen molar-refractivity contribution < 1.29 is 22.7 Å². The van der Waals surface area contributed by atoms with Gasteiger partial charge in [-0.15, -0.1) is 0 Å². The van der Waals surface area contributed by atoms with E-state index in [-0.39, 0.29) is 23.7 Å². The van der Waals surface area contributed by atoms with Crippen LogP contribution >= 0.6 is 11.6 Å². The Bertz CT molecular complexity index is 1250. The predicted molar refractivity (Wildman–Crippen MR) is 127 cm³/mol. The first-order valence-corrected chi connectivity index (χ1v) is 11.7. The van der Waals surface area contributed by atoms with Crippen LogP contribution in [0.1, 0.15) is 11.1 Å². The summed E-state index contributed by atoms with van der Waals surface area (Å²) in [5.41, 5.74) is 1.88. The van der Waals surface area contributed by atoms with Crippen molar-refractivity contribution in [3.63, 3.8) is 0 Å². The molecule has 0 aliphatic heterocycles. The van der Waals surface area contributed by atoms with E-state index in [1.54, 1.807) is 37.3 Å². The average Bonchev–Trinajstić information content (AvgIpc) is 2.78. The minimum atomic E-state index is -3.93. The van der Waals surface area contributed by atoms with E-state index < -0.39 is 22.0 Å². The lowest BCUT2D eigenvalue weighted by atomic mass is 10.2. The number of anilines is 2. The summed E-state index contributed by atoms with van der Waals surface area (Å²) in [6, 6.07) is 19.9. The molecule has 3 rings (SSSR count). The second-order valence-corrected chi connectivity index (χ2v) is 9.15. The Morgan fingerprint density at radius 3 is 2.42 bits per heavy atom. The lowest BCUT2D eigenvalue weighted by molar-refractivity contribution is -0.115. The van der Waals surface area contributed by atoms with Gasteiger partial charge in [0.1, 0.15) is 13.2 Å². The van der Waals surface area contributed by atoms with Gasteiger partial charge in [-0.3, -0.25) is 9.52 Å². The number of hydrogen-bond donors (Lipinski definition) is 3. The first kappa shape index (κ1) is 24.1. The Morgan fingerprint density at radius 2 is 1.70 bits per heavy atom. The summed E-state index contributed by atoms with van der Waals surface area (Å²) in [7, 11) is -3.93. The smallest absolute Gasteiger partial charge is 0.407 e. The summed E-state index contributed by atoms with van der Waals surface area (Å²) in [4.78, 5) is 24.0. The number of sulfonamides is 1. The van der Waals surface area contributed by atoms with Crippen LogP contribution in [0.15, 0.2) is 77.7 Å². The quantitative estimate of drug-likeness (QED) is 0.438. The van der Waals surface area contributed by atoms with Gasteiger partial charge in [-0.05, 0) is 48.4 Å². The summed E-state index contributed by atoms with van der Waals surface area (Å²) in [6.07, 6.45) is -0.744. The van der Waals surface area contributed by atoms with Gasteiger partial charge >= 0.3 is 6.09 Å². The van der Waals surface area contributed by atoms with E-state index in [0.29, 0.717) is 16.3 Å². The zero-order chi connectivity index (χ0) is 23.8. The molecule has 0 saturated carbocycles. The number of carbonyl (C=O) groups excluding carboxylic acids is 2. The van der Waals surface area contributed by atoms with Gasteiger partial charge < -0.3 is 15.4 Å². The van der Waals surface area contributed by atoms with Crippen LogP contribution in [-0.4, -0.2) is 27.0 Å². The second-order valence-electron chi connectivity index (χ2n) is 7.06. The third-order valence-corrected chi connectivity index (χ3v) is 6.20. The van der Waals surface area contributed by atoms with Crippen molar-refractivity contribution in [2.24, 2.45) is 0 Å². The predicted octanol–water partition coefficient (Wildman–Crippen LogP) is 4.31. The van der Waals surface area contributed by atoms with Gasteiger partial charge in [0.15, 0.2) is 0 Å². The number of aryl methyl sites for hydroxylation is 1. The van der Waals surface area contributed by atoms with Crippen molar-refractivity contribution in [3.05, 3.63) is 88.9 Å². The molecule has 3 aromatic carbocycles. The zero-order valence-corrected chi connectivity index (χ0v) is 19.2. The monoisotopic (exact) mass is 487 g/mol. The summed E-state index contributed by atoms with van der Waals surface area (Å²) >= 11 is 5.92. The fourth-order valence-corrected chi connectivity index (χ4v) is 4.37. The molecule has 3 N–H and O–H groups in total. The molecule has 0 fully saturated rings. The molecule has 0 aliphatic rings. The lowest BCUT2D eigenvalue weighted by Gasteiger charge is -2.13. The van der Waals surface area contributed by atoms with Crippen LogP contribution in [0.3, 0.4) is 0 Å². The number of rotatable bonds is 8. The first-order valence-electron chi connectivity index (χ1n) is 9.86. The van der Waals surface area contributed by atoms with E-state index in [9.17, 15) is 18.0 Å². The first-order chi connectivity index (χ1) is 15.7. The standard InChI is InChI=1S/C23H22ClN3O5S/c1-16-10-11-19(13-21(16)33(30,31)27-20-9-5-8-18(24)12-20)26-22(28)14-25-23(29)32-15-17-6-3-2-4-7-17/h2-13,27H,14-15H2,1H3,(H,25,29)(H,26,28). The largest absolute Gasteiger partial charge is 0.445 e. The number of hydrogen-bond acceptors (Lipinski definition) is 5. The highest BCUT2D eigenvalue weighted by Crippen LogP contribution is 2.24. The summed E-state index contributed by atoms with van der Waals surface area (Å²) < 4.78 is 33.2. The highest BCUT2D eigenvalue weighted by atomic mass is 35.5. The van der Waals surface area contributed by atoms with Crippen LogP contribution in [0.25, 0.3) is 0 Å². The SMILES string of the molecule is Cc1ccc(NC(=O)CNC(=O)OCc2ccccc2)cc1S(=O)(=O)Nc1cccc(Cl)c1. The molecule has 0 saturated heterocycles. The Balaban J connectivity index is 1.58. The molecule has 10 heteroatoms. The van der Waals surface area contributed by atoms with E-state index >= 15 is 0 Å². The van der Waals surface area contributed by atoms with Crippen molar-refractivity contribution in [2.45, 2.75) is 18.4 Å². The summed E-state index contributed by atoms with van der Waals surface area (Å²) in [5.74, 6) is -0.540. The molecular weight excluding hydrogens is 466 g/mol. The van der Waals surface area contributed by atoms with Crippen molar-refractivity contribution >= 4 is 45.0 Å². The van der Waals surface area contributed by atoms with Gasteiger partial charge in [-0.25, -0.2) is 13.2 Å². The molecule has 8 nitrogen and oxygen atoms in total. The molecule has 0 heterocycles. The normalized spacial score (nSPS) is 10.8. The third-order valence-electron chi connectivity index (χ3n) is 4.44. The van der Waals surface area contributed by atoms with E-state index in [1.807, 2.05) is 30.3 Å². The Morgan fingerprint density at radius 1 is 0.939 bits per heavy atom. The van der Waals surface area contributed by atoms with Crippen LogP contribution in [0, 0.1) is 6.92 Å². The molecule has 33 heavy (non-hydrogen) atoms. The fraction of sp³-hybridized carbons (Fsp3) is 0.130. The van der Waals surface area contributed by atoms with Crippen molar-refractivity contribution in [1.29, 1.82) is 0 Å². The van der Waals surface area contributed by atoms with Crippen molar-refractivity contribution in [1.82, 2.24) is 5.32 Å². The number of ether oxygens (including phenoxy) is 1. The third kappa shape index (κ3) is 7.23. The number of nitrogens with one attached hydrogen (secondary N) is 3. The Labute approximate surface area is 197 Å². The molecule has 0 radical (unpaired) electrons. The van der Waals surface area contributed by atoms with Crippen LogP contribution in [-0.2, 0) is 26.2 Å². The maximum Gasteiger partial charge on any atom is 0.407 e. The van der Waals surface area contributed by atoms with Gasteiger partial charge in [0, 0.05) is 10.7 Å². The van der Waals surface area contributed by atoms with Crippen LogP contribution in [0.4, 0.5) is 16.2 Å². The molecule has 2 amide bonds. The minimum absolute atomic E-state index is 0.00416. The topological polar surface area (TPSA) is 114 Å². The number of carbonyl (C=O) groups is 2. The van der Waals surface area contributed by atoms with E-state index in [2.05, 4.69) is 15.4 Å². The van der Waals surface area contributed by atoms with Crippen molar-refractivity contribution in [3.8, 4) is 0 Å². The maximum atomic E-state index is 12.8. The van der Waals surface area contributed by atoms with Gasteiger partial charge in [0.25, 0.3) is 10.0 Å². The molecule has 0 aromatic heterocycles. The molecule has 0 atom stereocenters. The van der Waals surface area contributed by atoms with Crippen LogP contribution < -0.4 is 15.4 Å². The van der Waals surface area contributed by atoms with Gasteiger partial charge in [0.2, 0.25) is 5.91 Å². The van der Waals surface area contributed by atoms with Crippen molar-refractivity contribution in [2.75, 3.05) is 16.6 Å². The average molecular weight is 488 g/mol. The lowest BCUT2D eigenvalue weighted by Crippen LogP contribution is -2.33. The second kappa shape index (κ2) is 10.8. The van der Waals surface area contributed by atoms with Gasteiger partial charge in [-0.1, -0.05) is 54.1 Å². The highest BCUT2D eigenvalue weighted by Gasteiger charge is 2.18. The minimum Gasteiger partial charge on any atom is -0.445 e. The molecule has 0 unspecified atom stereocenters. The zero-order valence-electron chi connectivity index (χ0n) is 17.7. The molecule has 0 spiro atoms. The highest BCUT2D eigenvalue weighted by molar-refractivity contribution is 7.92. The number of benzene rings is 3. The van der Waals surface area contributed by atoms with E-state index in [0.717, 1.165) is 5.56 Å². The van der Waals surface area contributed by atoms with Crippen LogP contribution in [0.5, 0.6) is 0 Å². The Hall–Kier alpha value is -3.56. The van der Waals surface area contributed by atoms with Gasteiger partial charge in [-0.2, -0.15) is 0 Å². The van der Waals surface area contributed by atoms with Gasteiger partial charge in [0.05, 0.1) is 10.6 Å². The fourth-order valence-electron chi connectivity index (χ4n) is 2.86. The molecule has 3 aromatic rings. The maximum absolute atomic E-state index is 12.8. The molecule has 0 aliphatic carbocycles. The molecular formula is C23H22ClN3O5S. The van der Waals surface area contributed by atoms with Crippen LogP contribution in [0.2, 0.25) is 5.02 Å². The summed E-state index contributed by atoms with van der Waals surface area (Å²) in [6.45, 7) is 1.37. The van der Waals surface area contributed by atoms with E-state index in [4.69, 9.17) is 16.3 Å². The Kier molecular flexibility index (Phi) is 7.92. The number of amides is 2. The molecule has 0 bridgehead atoms. The summed E-state index contributed by atoms with van der Waals surface area (Å²) in [5, 5.41) is 5.30. The van der Waals surface area contributed by atoms with E-state index in [1.165, 1.54) is 12.1 Å². The number of alkyl carbamates (subject to hydrolysis) is 1. The molecule has 172 valence electrons. The number of halogens is 1.